The lowest BCUT2D eigenvalue weighted by atomic mass is 10.1. The highest BCUT2D eigenvalue weighted by Crippen LogP contribution is 2.12. The van der Waals surface area contributed by atoms with E-state index in [-0.39, 0.29) is 6.61 Å². The van der Waals surface area contributed by atoms with Gasteiger partial charge in [0.1, 0.15) is 5.75 Å². The second-order valence-corrected chi connectivity index (χ2v) is 5.72. The zero-order valence-corrected chi connectivity index (χ0v) is 12.9. The van der Waals surface area contributed by atoms with Gasteiger partial charge in [0.25, 0.3) is 5.91 Å². The highest BCUT2D eigenvalue weighted by molar-refractivity contribution is 5.95. The fourth-order valence-electron chi connectivity index (χ4n) is 1.63. The molecule has 3 amide bonds. The molecular weight excluding hydrogens is 270 g/mol. The summed E-state index contributed by atoms with van der Waals surface area (Å²) in [6.07, 6.45) is 0. The molecule has 0 unspecified atom stereocenters. The summed E-state index contributed by atoms with van der Waals surface area (Å²) in [5, 5.41) is 7.90. The number of nitrogens with one attached hydrogen (secondary N) is 3. The summed E-state index contributed by atoms with van der Waals surface area (Å²) in [7, 11) is 1.86. The van der Waals surface area contributed by atoms with Gasteiger partial charge < -0.3 is 15.4 Å². The maximum absolute atomic E-state index is 11.6. The normalized spacial score (nSPS) is 10.9. The molecule has 3 N–H and O–H groups in total. The molecule has 1 aromatic rings. The quantitative estimate of drug-likeness (QED) is 0.767. The van der Waals surface area contributed by atoms with Crippen LogP contribution in [-0.4, -0.2) is 31.1 Å². The van der Waals surface area contributed by atoms with E-state index >= 15 is 0 Å². The smallest absolute Gasteiger partial charge is 0.321 e. The summed E-state index contributed by atoms with van der Waals surface area (Å²) in [5.41, 5.74) is 0.660. The number of ether oxygens (including phenoxy) is 1. The number of carbonyl (C=O) groups excluding carboxylic acids is 2. The Morgan fingerprint density at radius 1 is 1.24 bits per heavy atom. The van der Waals surface area contributed by atoms with Gasteiger partial charge in [0.05, 0.1) is 0 Å². The van der Waals surface area contributed by atoms with Gasteiger partial charge in [-0.1, -0.05) is 12.1 Å². The molecule has 0 aromatic heterocycles. The number of hydrogen-bond donors (Lipinski definition) is 3. The second kappa shape index (κ2) is 7.64. The van der Waals surface area contributed by atoms with Gasteiger partial charge in [-0.25, -0.2) is 4.79 Å². The molecule has 0 aliphatic rings. The van der Waals surface area contributed by atoms with E-state index in [1.807, 2.05) is 46.0 Å². The first-order chi connectivity index (χ1) is 9.80. The van der Waals surface area contributed by atoms with Crippen LogP contribution in [-0.2, 0) is 11.3 Å². The minimum absolute atomic E-state index is 0.208. The van der Waals surface area contributed by atoms with E-state index in [0.717, 1.165) is 12.1 Å². The lowest BCUT2D eigenvalue weighted by Gasteiger charge is -2.20. The van der Waals surface area contributed by atoms with Gasteiger partial charge >= 0.3 is 6.03 Å². The van der Waals surface area contributed by atoms with Gasteiger partial charge in [-0.2, -0.15) is 0 Å². The largest absolute Gasteiger partial charge is 0.484 e. The zero-order valence-electron chi connectivity index (χ0n) is 12.9. The number of benzene rings is 1. The molecular formula is C15H23N3O3. The van der Waals surface area contributed by atoms with Crippen LogP contribution in [0.5, 0.6) is 5.75 Å². The molecule has 0 aliphatic carbocycles. The molecule has 0 spiro atoms. The molecule has 6 heteroatoms. The average Bonchev–Trinajstić information content (AvgIpc) is 2.35. The lowest BCUT2D eigenvalue weighted by Crippen LogP contribution is -2.49. The fourth-order valence-corrected chi connectivity index (χ4v) is 1.63. The van der Waals surface area contributed by atoms with Crippen molar-refractivity contribution < 1.29 is 14.3 Å². The van der Waals surface area contributed by atoms with Crippen LogP contribution in [0.1, 0.15) is 26.3 Å². The van der Waals surface area contributed by atoms with Crippen molar-refractivity contribution in [3.05, 3.63) is 29.8 Å². The molecule has 0 fully saturated rings. The van der Waals surface area contributed by atoms with Crippen molar-refractivity contribution in [3.8, 4) is 5.75 Å². The highest BCUT2D eigenvalue weighted by Gasteiger charge is 2.15. The Labute approximate surface area is 125 Å². The minimum atomic E-state index is -0.528. The van der Waals surface area contributed by atoms with Crippen LogP contribution >= 0.6 is 0 Å². The zero-order chi connectivity index (χ0) is 15.9. The molecule has 0 saturated carbocycles. The number of carbonyl (C=O) groups is 2. The Balaban J connectivity index is 2.42. The minimum Gasteiger partial charge on any atom is -0.484 e. The molecule has 0 saturated heterocycles. The monoisotopic (exact) mass is 293 g/mol. The van der Waals surface area contributed by atoms with E-state index in [4.69, 9.17) is 4.74 Å². The van der Waals surface area contributed by atoms with Crippen LogP contribution < -0.4 is 20.7 Å². The Bertz CT molecular complexity index is 495. The van der Waals surface area contributed by atoms with Gasteiger partial charge in [0.15, 0.2) is 6.61 Å². The van der Waals surface area contributed by atoms with Crippen LogP contribution in [0.3, 0.4) is 0 Å². The van der Waals surface area contributed by atoms with Crippen molar-refractivity contribution in [1.29, 1.82) is 0 Å². The predicted molar refractivity (Wildman–Crippen MR) is 81.1 cm³/mol. The topological polar surface area (TPSA) is 79.5 Å². The molecule has 6 nitrogen and oxygen atoms in total. The first kappa shape index (κ1) is 17.0. The third-order valence-electron chi connectivity index (χ3n) is 2.39. The maximum atomic E-state index is 11.6. The summed E-state index contributed by atoms with van der Waals surface area (Å²) < 4.78 is 5.37. The summed E-state index contributed by atoms with van der Waals surface area (Å²) in [6.45, 7) is 6.01. The standard InChI is InChI=1S/C15H23N3O3/c1-15(2,3)18-14(20)17-13(19)10-21-12-7-5-6-11(8-12)9-16-4/h5-8,16H,9-10H2,1-4H3,(H2,17,18,19,20). The van der Waals surface area contributed by atoms with Gasteiger partial charge in [0, 0.05) is 12.1 Å². The van der Waals surface area contributed by atoms with Crippen LogP contribution in [0.2, 0.25) is 0 Å². The third-order valence-corrected chi connectivity index (χ3v) is 2.39. The van der Waals surface area contributed by atoms with Crippen molar-refractivity contribution >= 4 is 11.9 Å². The van der Waals surface area contributed by atoms with Gasteiger partial charge in [-0.3, -0.25) is 10.1 Å². The number of urea groups is 1. The number of amides is 3. The SMILES string of the molecule is CNCc1cccc(OCC(=O)NC(=O)NC(C)(C)C)c1. The molecule has 0 atom stereocenters. The second-order valence-electron chi connectivity index (χ2n) is 5.72. The van der Waals surface area contributed by atoms with E-state index in [1.54, 1.807) is 6.07 Å². The fraction of sp³-hybridized carbons (Fsp3) is 0.467. The Morgan fingerprint density at radius 3 is 2.57 bits per heavy atom. The number of rotatable bonds is 5. The van der Waals surface area contributed by atoms with Crippen molar-refractivity contribution in [2.24, 2.45) is 0 Å². The summed E-state index contributed by atoms with van der Waals surface area (Å²) in [4.78, 5) is 23.1. The predicted octanol–water partition coefficient (Wildman–Crippen LogP) is 1.41. The van der Waals surface area contributed by atoms with Gasteiger partial charge in [0.2, 0.25) is 0 Å². The van der Waals surface area contributed by atoms with Crippen LogP contribution in [0.25, 0.3) is 0 Å². The Hall–Kier alpha value is -2.08. The molecule has 21 heavy (non-hydrogen) atoms. The van der Waals surface area contributed by atoms with Crippen LogP contribution in [0.4, 0.5) is 4.79 Å². The molecule has 0 heterocycles. The first-order valence-electron chi connectivity index (χ1n) is 6.78. The highest BCUT2D eigenvalue weighted by atomic mass is 16.5. The molecule has 0 aliphatic heterocycles. The summed E-state index contributed by atoms with van der Waals surface area (Å²) >= 11 is 0. The van der Waals surface area contributed by atoms with Crippen molar-refractivity contribution in [3.63, 3.8) is 0 Å². The summed E-state index contributed by atoms with van der Waals surface area (Å²) in [6, 6.07) is 6.90. The van der Waals surface area contributed by atoms with E-state index in [9.17, 15) is 9.59 Å². The van der Waals surface area contributed by atoms with E-state index in [2.05, 4.69) is 16.0 Å². The van der Waals surface area contributed by atoms with Gasteiger partial charge in [-0.15, -0.1) is 0 Å². The van der Waals surface area contributed by atoms with Crippen LogP contribution in [0.15, 0.2) is 24.3 Å². The van der Waals surface area contributed by atoms with Crippen molar-refractivity contribution in [2.45, 2.75) is 32.9 Å². The third kappa shape index (κ3) is 7.31. The molecule has 1 rings (SSSR count). The first-order valence-corrected chi connectivity index (χ1v) is 6.78. The molecule has 0 bridgehead atoms. The summed E-state index contributed by atoms with van der Waals surface area (Å²) in [5.74, 6) is 0.102. The molecule has 1 aromatic carbocycles. The maximum Gasteiger partial charge on any atom is 0.321 e. The molecule has 0 radical (unpaired) electrons. The van der Waals surface area contributed by atoms with Crippen LogP contribution in [0, 0.1) is 0 Å². The lowest BCUT2D eigenvalue weighted by molar-refractivity contribution is -0.122. The van der Waals surface area contributed by atoms with Gasteiger partial charge in [-0.05, 0) is 45.5 Å². The Kier molecular flexibility index (Phi) is 6.17. The van der Waals surface area contributed by atoms with E-state index in [0.29, 0.717) is 5.75 Å². The molecule has 116 valence electrons. The van der Waals surface area contributed by atoms with Crippen molar-refractivity contribution in [2.75, 3.05) is 13.7 Å². The van der Waals surface area contributed by atoms with Crippen molar-refractivity contribution in [1.82, 2.24) is 16.0 Å². The van der Waals surface area contributed by atoms with E-state index < -0.39 is 17.5 Å². The number of hydrogen-bond acceptors (Lipinski definition) is 4. The van der Waals surface area contributed by atoms with E-state index in [1.165, 1.54) is 0 Å². The number of imide groups is 1. The average molecular weight is 293 g/mol. The Morgan fingerprint density at radius 2 is 1.95 bits per heavy atom.